The first kappa shape index (κ1) is 12.1. The molecule has 1 aliphatic rings. The van der Waals surface area contributed by atoms with Gasteiger partial charge in [-0.3, -0.25) is 4.79 Å². The Bertz CT molecular complexity index is 263. The van der Waals surface area contributed by atoms with Crippen LogP contribution in [0, 0.1) is 5.92 Å². The smallest absolute Gasteiger partial charge is 0.377 e. The summed E-state index contributed by atoms with van der Waals surface area (Å²) in [6.45, 7) is 1.40. The number of alkyl halides is 2. The molecule has 0 unspecified atom stereocenters. The van der Waals surface area contributed by atoms with E-state index in [1.165, 1.54) is 6.92 Å². The zero-order valence-corrected chi connectivity index (χ0v) is 8.59. The number of hydrogen-bond donors (Lipinski definition) is 0. The molecule has 0 radical (unpaired) electrons. The van der Waals surface area contributed by atoms with E-state index in [0.717, 1.165) is 0 Å². The number of esters is 1. The van der Waals surface area contributed by atoms with Gasteiger partial charge in [0.1, 0.15) is 5.78 Å². The van der Waals surface area contributed by atoms with Crippen molar-refractivity contribution in [1.82, 2.24) is 0 Å². The molecule has 1 aliphatic carbocycles. The van der Waals surface area contributed by atoms with Gasteiger partial charge in [-0.1, -0.05) is 0 Å². The van der Waals surface area contributed by atoms with Crippen molar-refractivity contribution < 1.29 is 23.1 Å². The molecule has 0 bridgehead atoms. The molecule has 0 aromatic carbocycles. The highest BCUT2D eigenvalue weighted by Crippen LogP contribution is 2.36. The van der Waals surface area contributed by atoms with E-state index in [-0.39, 0.29) is 25.2 Å². The van der Waals surface area contributed by atoms with Crippen molar-refractivity contribution in [3.63, 3.8) is 0 Å². The molecule has 15 heavy (non-hydrogen) atoms. The standard InChI is InChI=1S/C10H14F2O3/c1-2-15-9(14)10(11,12)7-4-3-5-8(13)6-7/h7H,2-6H2,1H3/t7-/m1/s1. The summed E-state index contributed by atoms with van der Waals surface area (Å²) in [5.41, 5.74) is 0. The van der Waals surface area contributed by atoms with Crippen molar-refractivity contribution in [3.05, 3.63) is 0 Å². The number of hydrogen-bond acceptors (Lipinski definition) is 3. The molecule has 0 aliphatic heterocycles. The van der Waals surface area contributed by atoms with Crippen LogP contribution in [-0.2, 0) is 14.3 Å². The molecule has 0 aromatic heterocycles. The number of ketones is 1. The van der Waals surface area contributed by atoms with Crippen LogP contribution in [0.4, 0.5) is 8.78 Å². The van der Waals surface area contributed by atoms with E-state index in [0.29, 0.717) is 12.8 Å². The first-order chi connectivity index (χ1) is 6.98. The molecule has 0 aromatic rings. The van der Waals surface area contributed by atoms with E-state index >= 15 is 0 Å². The molecule has 5 heteroatoms. The van der Waals surface area contributed by atoms with Gasteiger partial charge in [0.15, 0.2) is 0 Å². The molecule has 3 nitrogen and oxygen atoms in total. The van der Waals surface area contributed by atoms with Crippen LogP contribution >= 0.6 is 0 Å². The SMILES string of the molecule is CCOC(=O)C(F)(F)[C@@H]1CCCC(=O)C1. The van der Waals surface area contributed by atoms with E-state index in [9.17, 15) is 18.4 Å². The molecular weight excluding hydrogens is 206 g/mol. The van der Waals surface area contributed by atoms with Gasteiger partial charge in [0.05, 0.1) is 6.61 Å². The first-order valence-electron chi connectivity index (χ1n) is 5.05. The lowest BCUT2D eigenvalue weighted by molar-refractivity contribution is -0.182. The van der Waals surface area contributed by atoms with Crippen LogP contribution in [0.5, 0.6) is 0 Å². The Kier molecular flexibility index (Phi) is 3.77. The van der Waals surface area contributed by atoms with Crippen LogP contribution in [0.15, 0.2) is 0 Å². The summed E-state index contributed by atoms with van der Waals surface area (Å²) >= 11 is 0. The van der Waals surface area contributed by atoms with E-state index in [1.807, 2.05) is 0 Å². The highest BCUT2D eigenvalue weighted by molar-refractivity contribution is 5.83. The van der Waals surface area contributed by atoms with Crippen LogP contribution in [-0.4, -0.2) is 24.3 Å². The fourth-order valence-corrected chi connectivity index (χ4v) is 1.73. The first-order valence-corrected chi connectivity index (χ1v) is 5.05. The largest absolute Gasteiger partial charge is 0.462 e. The summed E-state index contributed by atoms with van der Waals surface area (Å²) in [5, 5.41) is 0. The topological polar surface area (TPSA) is 43.4 Å². The minimum absolute atomic E-state index is 0.0743. The van der Waals surface area contributed by atoms with Gasteiger partial charge in [0, 0.05) is 18.8 Å². The lowest BCUT2D eigenvalue weighted by Gasteiger charge is -2.27. The van der Waals surface area contributed by atoms with Gasteiger partial charge in [-0.25, -0.2) is 4.79 Å². The van der Waals surface area contributed by atoms with E-state index in [4.69, 9.17) is 0 Å². The fraction of sp³-hybridized carbons (Fsp3) is 0.800. The summed E-state index contributed by atoms with van der Waals surface area (Å²) < 4.78 is 31.2. The van der Waals surface area contributed by atoms with Crippen LogP contribution in [0.1, 0.15) is 32.6 Å². The summed E-state index contributed by atoms with van der Waals surface area (Å²) in [4.78, 5) is 22.0. The number of ether oxygens (including phenoxy) is 1. The van der Waals surface area contributed by atoms with E-state index < -0.39 is 17.8 Å². The van der Waals surface area contributed by atoms with Crippen LogP contribution < -0.4 is 0 Å². The van der Waals surface area contributed by atoms with Crippen molar-refractivity contribution in [2.75, 3.05) is 6.61 Å². The third kappa shape index (κ3) is 2.73. The van der Waals surface area contributed by atoms with Crippen LogP contribution in [0.25, 0.3) is 0 Å². The lowest BCUT2D eigenvalue weighted by Crippen LogP contribution is -2.41. The second-order valence-corrected chi connectivity index (χ2v) is 3.68. The molecule has 86 valence electrons. The number of halogens is 2. The third-order valence-electron chi connectivity index (χ3n) is 2.54. The predicted octanol–water partition coefficient (Wildman–Crippen LogP) is 1.94. The van der Waals surface area contributed by atoms with Crippen LogP contribution in [0.2, 0.25) is 0 Å². The monoisotopic (exact) mass is 220 g/mol. The number of carbonyl (C=O) groups is 2. The van der Waals surface area contributed by atoms with Gasteiger partial charge in [-0.2, -0.15) is 8.78 Å². The molecule has 0 heterocycles. The number of rotatable bonds is 3. The Hall–Kier alpha value is -1.00. The molecule has 0 amide bonds. The summed E-state index contributed by atoms with van der Waals surface area (Å²) in [7, 11) is 0. The average Bonchev–Trinajstić information content (AvgIpc) is 2.18. The molecule has 1 rings (SSSR count). The average molecular weight is 220 g/mol. The van der Waals surface area contributed by atoms with Crippen molar-refractivity contribution >= 4 is 11.8 Å². The van der Waals surface area contributed by atoms with Gasteiger partial charge in [0.25, 0.3) is 0 Å². The molecule has 1 fully saturated rings. The van der Waals surface area contributed by atoms with Gasteiger partial charge in [-0.05, 0) is 19.8 Å². The normalized spacial score (nSPS) is 22.6. The number of Topliss-reactive ketones (excluding diaryl/α,β-unsaturated/α-hetero) is 1. The zero-order chi connectivity index (χ0) is 11.5. The second kappa shape index (κ2) is 4.68. The van der Waals surface area contributed by atoms with E-state index in [1.54, 1.807) is 0 Å². The molecule has 1 atom stereocenters. The third-order valence-corrected chi connectivity index (χ3v) is 2.54. The molecule has 0 spiro atoms. The maximum Gasteiger partial charge on any atom is 0.377 e. The molecule has 0 N–H and O–H groups in total. The summed E-state index contributed by atoms with van der Waals surface area (Å²) in [6, 6.07) is 0. The minimum Gasteiger partial charge on any atom is -0.462 e. The Labute approximate surface area is 86.8 Å². The minimum atomic E-state index is -3.52. The van der Waals surface area contributed by atoms with Gasteiger partial charge in [0.2, 0.25) is 0 Å². The van der Waals surface area contributed by atoms with Gasteiger partial charge < -0.3 is 4.74 Å². The van der Waals surface area contributed by atoms with Crippen molar-refractivity contribution in [3.8, 4) is 0 Å². The van der Waals surface area contributed by atoms with Gasteiger partial charge >= 0.3 is 11.9 Å². The van der Waals surface area contributed by atoms with Crippen molar-refractivity contribution in [2.24, 2.45) is 5.92 Å². The summed E-state index contributed by atoms with van der Waals surface area (Å²) in [5.74, 6) is -6.41. The second-order valence-electron chi connectivity index (χ2n) is 3.68. The Balaban J connectivity index is 2.66. The Morgan fingerprint density at radius 2 is 2.27 bits per heavy atom. The zero-order valence-electron chi connectivity index (χ0n) is 8.59. The maximum absolute atomic E-state index is 13.4. The highest BCUT2D eigenvalue weighted by Gasteiger charge is 2.49. The van der Waals surface area contributed by atoms with Crippen LogP contribution in [0.3, 0.4) is 0 Å². The lowest BCUT2D eigenvalue weighted by atomic mass is 9.84. The van der Waals surface area contributed by atoms with Gasteiger partial charge in [-0.15, -0.1) is 0 Å². The van der Waals surface area contributed by atoms with Crippen molar-refractivity contribution in [2.45, 2.75) is 38.5 Å². The van der Waals surface area contributed by atoms with Crippen molar-refractivity contribution in [1.29, 1.82) is 0 Å². The summed E-state index contributed by atoms with van der Waals surface area (Å²) in [6.07, 6.45) is 0.761. The maximum atomic E-state index is 13.4. The molecule has 1 saturated carbocycles. The molecule has 0 saturated heterocycles. The molecular formula is C10H14F2O3. The highest BCUT2D eigenvalue weighted by atomic mass is 19.3. The number of carbonyl (C=O) groups excluding carboxylic acids is 2. The van der Waals surface area contributed by atoms with E-state index in [2.05, 4.69) is 4.74 Å². The quantitative estimate of drug-likeness (QED) is 0.683. The fourth-order valence-electron chi connectivity index (χ4n) is 1.73. The predicted molar refractivity (Wildman–Crippen MR) is 48.5 cm³/mol. The Morgan fingerprint density at radius 1 is 1.60 bits per heavy atom. The Morgan fingerprint density at radius 3 is 2.80 bits per heavy atom.